The molecule has 0 aliphatic rings. The number of amides is 1. The molecule has 4 aromatic rings. The van der Waals surface area contributed by atoms with E-state index in [9.17, 15) is 9.59 Å². The number of hydrogen-bond donors (Lipinski definition) is 1. The first-order valence-electron chi connectivity index (χ1n) is 10.7. The van der Waals surface area contributed by atoms with Crippen molar-refractivity contribution >= 4 is 49.6 Å². The maximum atomic E-state index is 12.7. The SMILES string of the molecule is COc1cc(/C=N/NC(=O)Cn2cnc3sc(C)c(C)c3c2=O)ccc1OCc1ccc(Br)cc1. The summed E-state index contributed by atoms with van der Waals surface area (Å²) in [5, 5.41) is 4.56. The molecule has 2 heterocycles. The van der Waals surface area contributed by atoms with Gasteiger partial charge in [-0.15, -0.1) is 11.3 Å². The first kappa shape index (κ1) is 24.6. The maximum Gasteiger partial charge on any atom is 0.262 e. The van der Waals surface area contributed by atoms with Gasteiger partial charge in [-0.3, -0.25) is 14.2 Å². The summed E-state index contributed by atoms with van der Waals surface area (Å²) in [7, 11) is 1.56. The standard InChI is InChI=1S/C25H23BrN4O4S/c1-15-16(2)35-24-23(15)25(32)30(14-27-24)12-22(31)29-28-11-18-6-9-20(21(10-18)33-3)34-13-17-4-7-19(26)8-5-17/h4-11,14H,12-13H2,1-3H3,(H,29,31)/b28-11+. The van der Waals surface area contributed by atoms with Gasteiger partial charge < -0.3 is 9.47 Å². The van der Waals surface area contributed by atoms with Crippen LogP contribution < -0.4 is 20.5 Å². The van der Waals surface area contributed by atoms with E-state index >= 15 is 0 Å². The summed E-state index contributed by atoms with van der Waals surface area (Å²) in [6, 6.07) is 13.2. The fourth-order valence-electron chi connectivity index (χ4n) is 3.38. The van der Waals surface area contributed by atoms with Crippen molar-refractivity contribution in [1.82, 2.24) is 15.0 Å². The minimum Gasteiger partial charge on any atom is -0.493 e. The second-order valence-corrected chi connectivity index (χ2v) is 9.88. The van der Waals surface area contributed by atoms with Crippen molar-refractivity contribution in [3.63, 3.8) is 0 Å². The number of hydrazone groups is 1. The topological polar surface area (TPSA) is 94.8 Å². The lowest BCUT2D eigenvalue weighted by atomic mass is 10.2. The highest BCUT2D eigenvalue weighted by Crippen LogP contribution is 2.28. The Kier molecular flexibility index (Phi) is 7.62. The summed E-state index contributed by atoms with van der Waals surface area (Å²) in [6.45, 7) is 4.05. The number of ether oxygens (including phenoxy) is 2. The molecule has 180 valence electrons. The third kappa shape index (κ3) is 5.77. The van der Waals surface area contributed by atoms with E-state index in [1.54, 1.807) is 25.3 Å². The number of nitrogens with zero attached hydrogens (tertiary/aromatic N) is 3. The highest BCUT2D eigenvalue weighted by atomic mass is 79.9. The van der Waals surface area contributed by atoms with Gasteiger partial charge in [-0.2, -0.15) is 5.10 Å². The number of thiophene rings is 1. The fraction of sp³-hybridized carbons (Fsp3) is 0.200. The van der Waals surface area contributed by atoms with Crippen molar-refractivity contribution < 1.29 is 14.3 Å². The number of fused-ring (bicyclic) bond motifs is 1. The predicted molar refractivity (Wildman–Crippen MR) is 141 cm³/mol. The van der Waals surface area contributed by atoms with E-state index in [0.717, 1.165) is 20.5 Å². The molecule has 0 unspecified atom stereocenters. The number of aromatic nitrogens is 2. The van der Waals surface area contributed by atoms with Crippen molar-refractivity contribution in [1.29, 1.82) is 0 Å². The van der Waals surface area contributed by atoms with E-state index in [4.69, 9.17) is 9.47 Å². The van der Waals surface area contributed by atoms with E-state index in [2.05, 4.69) is 31.4 Å². The van der Waals surface area contributed by atoms with Crippen LogP contribution in [0.3, 0.4) is 0 Å². The Hall–Kier alpha value is -3.50. The van der Waals surface area contributed by atoms with E-state index < -0.39 is 5.91 Å². The third-order valence-corrected chi connectivity index (χ3v) is 7.01. The lowest BCUT2D eigenvalue weighted by Crippen LogP contribution is -2.30. The summed E-state index contributed by atoms with van der Waals surface area (Å²) in [5.41, 5.74) is 4.85. The van der Waals surface area contributed by atoms with E-state index in [1.165, 1.54) is 28.4 Å². The highest BCUT2D eigenvalue weighted by molar-refractivity contribution is 9.10. The van der Waals surface area contributed by atoms with Gasteiger partial charge in [0.1, 0.15) is 18.0 Å². The summed E-state index contributed by atoms with van der Waals surface area (Å²) in [6.07, 6.45) is 2.89. The van der Waals surface area contributed by atoms with Crippen LogP contribution in [-0.4, -0.2) is 28.8 Å². The van der Waals surface area contributed by atoms with Gasteiger partial charge in [0.05, 0.1) is 25.0 Å². The monoisotopic (exact) mass is 554 g/mol. The van der Waals surface area contributed by atoms with Crippen LogP contribution in [0.5, 0.6) is 11.5 Å². The van der Waals surface area contributed by atoms with Crippen molar-refractivity contribution in [3.05, 3.63) is 85.2 Å². The first-order valence-corrected chi connectivity index (χ1v) is 12.3. The summed E-state index contributed by atoms with van der Waals surface area (Å²) >= 11 is 4.89. The van der Waals surface area contributed by atoms with Crippen LogP contribution in [0.4, 0.5) is 0 Å². The molecule has 2 aromatic heterocycles. The van der Waals surface area contributed by atoms with E-state index in [0.29, 0.717) is 33.9 Å². The Balaban J connectivity index is 1.38. The maximum absolute atomic E-state index is 12.7. The molecule has 2 aromatic carbocycles. The molecule has 1 N–H and O–H groups in total. The van der Waals surface area contributed by atoms with Gasteiger partial charge in [0.15, 0.2) is 11.5 Å². The number of benzene rings is 2. The molecule has 0 spiro atoms. The van der Waals surface area contributed by atoms with Crippen molar-refractivity contribution in [2.75, 3.05) is 7.11 Å². The summed E-state index contributed by atoms with van der Waals surface area (Å²) < 4.78 is 13.6. The molecule has 4 rings (SSSR count). The first-order chi connectivity index (χ1) is 16.9. The Morgan fingerprint density at radius 2 is 1.97 bits per heavy atom. The van der Waals surface area contributed by atoms with Crippen LogP contribution in [0, 0.1) is 13.8 Å². The average Bonchev–Trinajstić information content (AvgIpc) is 3.14. The lowest BCUT2D eigenvalue weighted by Gasteiger charge is -2.11. The Morgan fingerprint density at radius 1 is 1.20 bits per heavy atom. The van der Waals surface area contributed by atoms with Crippen molar-refractivity contribution in [3.8, 4) is 11.5 Å². The van der Waals surface area contributed by atoms with E-state index in [-0.39, 0.29) is 12.1 Å². The minimum atomic E-state index is -0.435. The van der Waals surface area contributed by atoms with E-state index in [1.807, 2.05) is 38.1 Å². The number of rotatable bonds is 8. The van der Waals surface area contributed by atoms with Gasteiger partial charge in [0.25, 0.3) is 11.5 Å². The molecule has 10 heteroatoms. The second kappa shape index (κ2) is 10.8. The number of methoxy groups -OCH3 is 1. The molecule has 0 atom stereocenters. The normalized spacial score (nSPS) is 11.2. The second-order valence-electron chi connectivity index (χ2n) is 7.76. The number of aryl methyl sites for hydroxylation is 2. The summed E-state index contributed by atoms with van der Waals surface area (Å²) in [5.74, 6) is 0.707. The zero-order chi connectivity index (χ0) is 24.9. The minimum absolute atomic E-state index is 0.181. The van der Waals surface area contributed by atoms with Crippen molar-refractivity contribution in [2.45, 2.75) is 27.0 Å². The summed E-state index contributed by atoms with van der Waals surface area (Å²) in [4.78, 5) is 31.1. The fourth-order valence-corrected chi connectivity index (χ4v) is 4.63. The Bertz CT molecular complexity index is 1460. The number of carbonyl (C=O) groups excluding carboxylic acids is 1. The number of hydrogen-bond acceptors (Lipinski definition) is 7. The molecular weight excluding hydrogens is 532 g/mol. The van der Waals surface area contributed by atoms with Gasteiger partial charge in [-0.1, -0.05) is 28.1 Å². The number of carbonyl (C=O) groups is 1. The smallest absolute Gasteiger partial charge is 0.262 e. The van der Waals surface area contributed by atoms with Crippen LogP contribution in [0.15, 0.2) is 63.2 Å². The van der Waals surface area contributed by atoms with Crippen LogP contribution in [0.25, 0.3) is 10.2 Å². The van der Waals surface area contributed by atoms with Gasteiger partial charge >= 0.3 is 0 Å². The molecule has 0 aliphatic heterocycles. The number of nitrogens with one attached hydrogen (secondary N) is 1. The molecule has 0 fully saturated rings. The molecule has 35 heavy (non-hydrogen) atoms. The molecule has 0 saturated heterocycles. The molecule has 1 amide bonds. The van der Waals surface area contributed by atoms with Crippen molar-refractivity contribution in [2.24, 2.45) is 5.10 Å². The van der Waals surface area contributed by atoms with Crippen LogP contribution in [-0.2, 0) is 17.9 Å². The van der Waals surface area contributed by atoms with Gasteiger partial charge in [-0.05, 0) is 60.9 Å². The van der Waals surface area contributed by atoms with Crippen LogP contribution >= 0.6 is 27.3 Å². The molecule has 0 aliphatic carbocycles. The van der Waals surface area contributed by atoms with Crippen LogP contribution in [0.1, 0.15) is 21.6 Å². The average molecular weight is 555 g/mol. The zero-order valence-corrected chi connectivity index (χ0v) is 21.8. The lowest BCUT2D eigenvalue weighted by molar-refractivity contribution is -0.121. The zero-order valence-electron chi connectivity index (χ0n) is 19.4. The molecule has 8 nitrogen and oxygen atoms in total. The largest absolute Gasteiger partial charge is 0.493 e. The Morgan fingerprint density at radius 3 is 2.71 bits per heavy atom. The van der Waals surface area contributed by atoms with Gasteiger partial charge in [0.2, 0.25) is 0 Å². The molecule has 0 bridgehead atoms. The third-order valence-electron chi connectivity index (χ3n) is 5.37. The van der Waals surface area contributed by atoms with Crippen LogP contribution in [0.2, 0.25) is 0 Å². The number of halogens is 1. The quantitative estimate of drug-likeness (QED) is 0.254. The molecule has 0 saturated carbocycles. The molecule has 0 radical (unpaired) electrons. The Labute approximate surface area is 214 Å². The van der Waals surface area contributed by atoms with Gasteiger partial charge in [0, 0.05) is 9.35 Å². The van der Waals surface area contributed by atoms with Gasteiger partial charge in [-0.25, -0.2) is 10.4 Å². The predicted octanol–water partition coefficient (Wildman–Crippen LogP) is 4.58. The highest BCUT2D eigenvalue weighted by Gasteiger charge is 2.13. The molecular formula is C25H23BrN4O4S.